The third-order valence-corrected chi connectivity index (χ3v) is 7.81. The van der Waals surface area contributed by atoms with E-state index in [4.69, 9.17) is 5.26 Å². The summed E-state index contributed by atoms with van der Waals surface area (Å²) < 4.78 is 27.7. The van der Waals surface area contributed by atoms with E-state index < -0.39 is 10.0 Å². The average Bonchev–Trinajstić information content (AvgIpc) is 3.00. The van der Waals surface area contributed by atoms with Crippen LogP contribution in [-0.4, -0.2) is 74.7 Å². The van der Waals surface area contributed by atoms with E-state index in [1.165, 1.54) is 20.5 Å². The Morgan fingerprint density at radius 2 is 2.04 bits per heavy atom. The van der Waals surface area contributed by atoms with Gasteiger partial charge in [-0.2, -0.15) is 9.57 Å². The van der Waals surface area contributed by atoms with E-state index in [2.05, 4.69) is 15.9 Å². The summed E-state index contributed by atoms with van der Waals surface area (Å²) in [5, 5.41) is 8.56. The molecule has 0 unspecified atom stereocenters. The lowest BCUT2D eigenvalue weighted by molar-refractivity contribution is -0.131. The number of hydrogen-bond acceptors (Lipinski definition) is 6. The maximum absolute atomic E-state index is 12.5. The van der Waals surface area contributed by atoms with Crippen LogP contribution in [0, 0.1) is 11.3 Å². The standard InChI is InChI=1S/C14H19BrN4O3S2/c1-17(6-2-5-16)13(20)11-18-7-9-19(10-8-18)24(21,22)14-4-3-12(15)23-14/h3-4H,2,6-11H2,1H3. The van der Waals surface area contributed by atoms with Gasteiger partial charge >= 0.3 is 0 Å². The molecule has 2 heterocycles. The lowest BCUT2D eigenvalue weighted by Gasteiger charge is -2.33. The Labute approximate surface area is 154 Å². The van der Waals surface area contributed by atoms with Crippen molar-refractivity contribution in [2.24, 2.45) is 0 Å². The van der Waals surface area contributed by atoms with Gasteiger partial charge in [0, 0.05) is 39.8 Å². The molecule has 1 amide bonds. The van der Waals surface area contributed by atoms with E-state index in [1.807, 2.05) is 11.0 Å². The smallest absolute Gasteiger partial charge is 0.252 e. The van der Waals surface area contributed by atoms with Crippen molar-refractivity contribution in [2.45, 2.75) is 10.6 Å². The molecule has 1 aromatic rings. The van der Waals surface area contributed by atoms with Crippen LogP contribution in [0.2, 0.25) is 0 Å². The van der Waals surface area contributed by atoms with Crippen LogP contribution in [0.4, 0.5) is 0 Å². The van der Waals surface area contributed by atoms with Crippen LogP contribution < -0.4 is 0 Å². The maximum atomic E-state index is 12.5. The molecule has 0 aromatic carbocycles. The van der Waals surface area contributed by atoms with Crippen molar-refractivity contribution in [1.82, 2.24) is 14.1 Å². The Morgan fingerprint density at radius 1 is 1.38 bits per heavy atom. The molecular weight excluding hydrogens is 416 g/mol. The number of sulfonamides is 1. The second-order valence-corrected chi connectivity index (χ2v) is 10.1. The van der Waals surface area contributed by atoms with E-state index in [-0.39, 0.29) is 12.5 Å². The number of nitriles is 1. The third-order valence-electron chi connectivity index (χ3n) is 3.82. The van der Waals surface area contributed by atoms with Gasteiger partial charge in [-0.05, 0) is 28.1 Å². The van der Waals surface area contributed by atoms with Gasteiger partial charge in [0.2, 0.25) is 5.91 Å². The van der Waals surface area contributed by atoms with Gasteiger partial charge in [0.1, 0.15) is 4.21 Å². The van der Waals surface area contributed by atoms with Gasteiger partial charge in [-0.1, -0.05) is 0 Å². The molecule has 0 aliphatic carbocycles. The molecular formula is C14H19BrN4O3S2. The van der Waals surface area contributed by atoms with Gasteiger partial charge in [-0.3, -0.25) is 9.69 Å². The first kappa shape index (κ1) is 19.3. The summed E-state index contributed by atoms with van der Waals surface area (Å²) in [4.78, 5) is 15.5. The van der Waals surface area contributed by atoms with Gasteiger partial charge in [0.05, 0.1) is 22.8 Å². The first-order valence-corrected chi connectivity index (χ1v) is 10.5. The number of thiophene rings is 1. The predicted molar refractivity (Wildman–Crippen MR) is 95.1 cm³/mol. The highest BCUT2D eigenvalue weighted by Gasteiger charge is 2.30. The van der Waals surface area contributed by atoms with Crippen LogP contribution in [0.3, 0.4) is 0 Å². The molecule has 1 aliphatic rings. The zero-order valence-electron chi connectivity index (χ0n) is 13.3. The van der Waals surface area contributed by atoms with Gasteiger partial charge in [-0.15, -0.1) is 11.3 Å². The first-order valence-electron chi connectivity index (χ1n) is 7.43. The second-order valence-electron chi connectivity index (χ2n) is 5.46. The summed E-state index contributed by atoms with van der Waals surface area (Å²) in [5.74, 6) is -0.0521. The summed E-state index contributed by atoms with van der Waals surface area (Å²) in [6, 6.07) is 5.34. The second kappa shape index (κ2) is 8.40. The minimum atomic E-state index is -3.46. The van der Waals surface area contributed by atoms with E-state index >= 15 is 0 Å². The van der Waals surface area contributed by atoms with E-state index in [0.717, 1.165) is 3.79 Å². The first-order chi connectivity index (χ1) is 11.3. The highest BCUT2D eigenvalue weighted by molar-refractivity contribution is 9.11. The molecule has 2 rings (SSSR count). The van der Waals surface area contributed by atoms with Crippen molar-refractivity contribution < 1.29 is 13.2 Å². The molecule has 0 bridgehead atoms. The summed E-state index contributed by atoms with van der Waals surface area (Å²) in [5.41, 5.74) is 0. The third kappa shape index (κ3) is 4.77. The molecule has 0 spiro atoms. The van der Waals surface area contributed by atoms with E-state index in [1.54, 1.807) is 19.2 Å². The Morgan fingerprint density at radius 3 is 2.58 bits per heavy atom. The van der Waals surface area contributed by atoms with Crippen molar-refractivity contribution in [3.63, 3.8) is 0 Å². The fourth-order valence-electron chi connectivity index (χ4n) is 2.35. The van der Waals surface area contributed by atoms with Crippen LogP contribution in [0.25, 0.3) is 0 Å². The minimum absolute atomic E-state index is 0.0521. The van der Waals surface area contributed by atoms with Gasteiger partial charge in [-0.25, -0.2) is 8.42 Å². The highest BCUT2D eigenvalue weighted by atomic mass is 79.9. The summed E-state index contributed by atoms with van der Waals surface area (Å²) in [6.45, 7) is 2.44. The molecule has 0 N–H and O–H groups in total. The normalized spacial score (nSPS) is 16.7. The van der Waals surface area contributed by atoms with Crippen molar-refractivity contribution in [3.05, 3.63) is 15.9 Å². The van der Waals surface area contributed by atoms with Crippen LogP contribution in [0.1, 0.15) is 6.42 Å². The van der Waals surface area contributed by atoms with Crippen molar-refractivity contribution in [3.8, 4) is 6.07 Å². The number of rotatable bonds is 6. The lowest BCUT2D eigenvalue weighted by Crippen LogP contribution is -2.51. The number of carbonyl (C=O) groups excluding carboxylic acids is 1. The minimum Gasteiger partial charge on any atom is -0.344 e. The molecule has 0 atom stereocenters. The number of hydrogen-bond donors (Lipinski definition) is 0. The molecule has 10 heteroatoms. The molecule has 1 saturated heterocycles. The SMILES string of the molecule is CN(CCC#N)C(=O)CN1CCN(S(=O)(=O)c2ccc(Br)s2)CC1. The molecule has 7 nitrogen and oxygen atoms in total. The number of likely N-dealkylation sites (N-methyl/N-ethyl adjacent to an activating group) is 1. The molecule has 1 fully saturated rings. The maximum Gasteiger partial charge on any atom is 0.252 e. The topological polar surface area (TPSA) is 84.7 Å². The monoisotopic (exact) mass is 434 g/mol. The van der Waals surface area contributed by atoms with Gasteiger partial charge in [0.15, 0.2) is 0 Å². The predicted octanol–water partition coefficient (Wildman–Crippen LogP) is 1.19. The molecule has 132 valence electrons. The Kier molecular flexibility index (Phi) is 6.77. The number of carbonyl (C=O) groups is 1. The van der Waals surface area contributed by atoms with Crippen LogP contribution in [0.15, 0.2) is 20.1 Å². The zero-order valence-corrected chi connectivity index (χ0v) is 16.5. The largest absolute Gasteiger partial charge is 0.344 e. The quantitative estimate of drug-likeness (QED) is 0.670. The summed E-state index contributed by atoms with van der Waals surface area (Å²) >= 11 is 4.48. The zero-order chi connectivity index (χ0) is 17.7. The van der Waals surface area contributed by atoms with Crippen LogP contribution in [-0.2, 0) is 14.8 Å². The highest BCUT2D eigenvalue weighted by Crippen LogP contribution is 2.28. The molecule has 0 radical (unpaired) electrons. The summed E-state index contributed by atoms with van der Waals surface area (Å²) in [7, 11) is -1.78. The van der Waals surface area contributed by atoms with Gasteiger partial charge in [0.25, 0.3) is 10.0 Å². The Balaban J connectivity index is 1.87. The molecule has 1 aromatic heterocycles. The van der Waals surface area contributed by atoms with E-state index in [9.17, 15) is 13.2 Å². The van der Waals surface area contributed by atoms with Crippen LogP contribution >= 0.6 is 27.3 Å². The van der Waals surface area contributed by atoms with E-state index in [0.29, 0.717) is 43.4 Å². The number of piperazine rings is 1. The Hall–Kier alpha value is -0.990. The van der Waals surface area contributed by atoms with Crippen molar-refractivity contribution in [2.75, 3.05) is 46.3 Å². The number of halogens is 1. The number of nitrogens with zero attached hydrogens (tertiary/aromatic N) is 4. The average molecular weight is 435 g/mol. The molecule has 0 saturated carbocycles. The molecule has 24 heavy (non-hydrogen) atoms. The molecule has 1 aliphatic heterocycles. The van der Waals surface area contributed by atoms with Gasteiger partial charge < -0.3 is 4.90 Å². The lowest BCUT2D eigenvalue weighted by atomic mass is 10.3. The summed E-state index contributed by atoms with van der Waals surface area (Å²) in [6.07, 6.45) is 0.310. The Bertz CT molecular complexity index is 721. The number of amides is 1. The fraction of sp³-hybridized carbons (Fsp3) is 0.571. The van der Waals surface area contributed by atoms with Crippen molar-refractivity contribution >= 4 is 43.2 Å². The van der Waals surface area contributed by atoms with Crippen molar-refractivity contribution in [1.29, 1.82) is 5.26 Å². The van der Waals surface area contributed by atoms with Crippen LogP contribution in [0.5, 0.6) is 0 Å². The fourth-order valence-corrected chi connectivity index (χ4v) is 5.93.